The lowest BCUT2D eigenvalue weighted by molar-refractivity contribution is 0.569. The van der Waals surface area contributed by atoms with Crippen molar-refractivity contribution in [1.82, 2.24) is 9.97 Å². The maximum absolute atomic E-state index is 5.65. The molecule has 6 N–H and O–H groups in total. The number of anilines is 4. The highest BCUT2D eigenvalue weighted by Gasteiger charge is 2.15. The van der Waals surface area contributed by atoms with Crippen molar-refractivity contribution in [2.24, 2.45) is 0 Å². The first-order valence-electron chi connectivity index (χ1n) is 5.12. The fraction of sp³-hybridized carbons (Fsp3) is 0.556. The summed E-state index contributed by atoms with van der Waals surface area (Å²) < 4.78 is 0. The van der Waals surface area contributed by atoms with Crippen molar-refractivity contribution >= 4 is 23.3 Å². The Morgan fingerprint density at radius 3 is 1.93 bits per heavy atom. The van der Waals surface area contributed by atoms with Crippen LogP contribution >= 0.6 is 0 Å². The van der Waals surface area contributed by atoms with Gasteiger partial charge in [0.2, 0.25) is 5.95 Å². The maximum atomic E-state index is 5.65. The van der Waals surface area contributed by atoms with Crippen LogP contribution in [0, 0.1) is 0 Å². The Kier molecular flexibility index (Phi) is 2.49. The fourth-order valence-electron chi connectivity index (χ4n) is 1.73. The lowest BCUT2D eigenvalue weighted by atomic mass is 10.1. The third-order valence-corrected chi connectivity index (χ3v) is 2.63. The Hall–Kier alpha value is -1.72. The van der Waals surface area contributed by atoms with E-state index < -0.39 is 0 Å². The molecule has 82 valence electrons. The molecule has 1 aromatic rings. The minimum atomic E-state index is 0.267. The lowest BCUT2D eigenvalue weighted by Gasteiger charge is -2.27. The average Bonchev–Trinajstić information content (AvgIpc) is 2.26. The number of piperidine rings is 1. The van der Waals surface area contributed by atoms with Crippen molar-refractivity contribution in [2.45, 2.75) is 19.3 Å². The molecule has 0 amide bonds. The molecule has 0 saturated carbocycles. The third-order valence-electron chi connectivity index (χ3n) is 2.63. The summed E-state index contributed by atoms with van der Waals surface area (Å²) in [7, 11) is 0. The van der Waals surface area contributed by atoms with Gasteiger partial charge < -0.3 is 22.1 Å². The van der Waals surface area contributed by atoms with Crippen molar-refractivity contribution in [3.63, 3.8) is 0 Å². The molecular formula is C9H16N6. The zero-order valence-corrected chi connectivity index (χ0v) is 8.61. The van der Waals surface area contributed by atoms with Crippen molar-refractivity contribution in [3.8, 4) is 0 Å². The van der Waals surface area contributed by atoms with E-state index in [9.17, 15) is 0 Å². The van der Waals surface area contributed by atoms with Gasteiger partial charge in [0.05, 0.1) is 0 Å². The molecule has 0 spiro atoms. The molecule has 15 heavy (non-hydrogen) atoms. The Bertz CT molecular complexity index is 335. The summed E-state index contributed by atoms with van der Waals surface area (Å²) in [6, 6.07) is 0. The maximum Gasteiger partial charge on any atom is 0.229 e. The van der Waals surface area contributed by atoms with Gasteiger partial charge in [-0.1, -0.05) is 0 Å². The van der Waals surface area contributed by atoms with E-state index in [1.165, 1.54) is 6.42 Å². The fourth-order valence-corrected chi connectivity index (χ4v) is 1.73. The summed E-state index contributed by atoms with van der Waals surface area (Å²) >= 11 is 0. The number of nitrogens with two attached hydrogens (primary N) is 3. The largest absolute Gasteiger partial charge is 0.393 e. The van der Waals surface area contributed by atoms with Crippen molar-refractivity contribution in [1.29, 1.82) is 0 Å². The molecular weight excluding hydrogens is 192 g/mol. The first kappa shape index (κ1) is 9.82. The molecule has 2 heterocycles. The number of hydrogen-bond acceptors (Lipinski definition) is 6. The van der Waals surface area contributed by atoms with Crippen LogP contribution in [0.1, 0.15) is 19.3 Å². The molecule has 2 rings (SSSR count). The van der Waals surface area contributed by atoms with Gasteiger partial charge in [0.1, 0.15) is 5.69 Å². The number of rotatable bonds is 1. The molecule has 6 nitrogen and oxygen atoms in total. The van der Waals surface area contributed by atoms with Crippen LogP contribution in [0.25, 0.3) is 0 Å². The van der Waals surface area contributed by atoms with Gasteiger partial charge in [-0.25, -0.2) is 0 Å². The van der Waals surface area contributed by atoms with Crippen LogP contribution in [0.3, 0.4) is 0 Å². The predicted molar refractivity (Wildman–Crippen MR) is 61.3 cm³/mol. The molecule has 1 aliphatic rings. The van der Waals surface area contributed by atoms with Crippen LogP contribution in [0.4, 0.5) is 23.3 Å². The smallest absolute Gasteiger partial charge is 0.229 e. The Labute approximate surface area is 88.5 Å². The second kappa shape index (κ2) is 3.80. The summed E-state index contributed by atoms with van der Waals surface area (Å²) in [4.78, 5) is 10.4. The quantitative estimate of drug-likeness (QED) is 0.609. The summed E-state index contributed by atoms with van der Waals surface area (Å²) in [6.45, 7) is 1.92. The van der Waals surface area contributed by atoms with E-state index >= 15 is 0 Å². The SMILES string of the molecule is Nc1nc(N2CCCCC2)nc(N)c1N. The van der Waals surface area contributed by atoms with Gasteiger partial charge >= 0.3 is 0 Å². The first-order chi connectivity index (χ1) is 7.18. The highest BCUT2D eigenvalue weighted by Crippen LogP contribution is 2.23. The van der Waals surface area contributed by atoms with Gasteiger partial charge in [-0.2, -0.15) is 9.97 Å². The number of nitrogens with zero attached hydrogens (tertiary/aromatic N) is 3. The van der Waals surface area contributed by atoms with Crippen LogP contribution < -0.4 is 22.1 Å². The molecule has 0 atom stereocenters. The van der Waals surface area contributed by atoms with Gasteiger partial charge in [-0.15, -0.1) is 0 Å². The van der Waals surface area contributed by atoms with Crippen molar-refractivity contribution in [3.05, 3.63) is 0 Å². The van der Waals surface area contributed by atoms with Crippen LogP contribution in [-0.2, 0) is 0 Å². The summed E-state index contributed by atoms with van der Waals surface area (Å²) in [5.74, 6) is 1.13. The summed E-state index contributed by atoms with van der Waals surface area (Å²) in [5.41, 5.74) is 17.2. The van der Waals surface area contributed by atoms with Crippen LogP contribution in [0.5, 0.6) is 0 Å². The van der Waals surface area contributed by atoms with E-state index in [0.29, 0.717) is 5.95 Å². The van der Waals surface area contributed by atoms with E-state index in [2.05, 4.69) is 14.9 Å². The molecule has 0 aliphatic carbocycles. The summed E-state index contributed by atoms with van der Waals surface area (Å²) in [5, 5.41) is 0. The molecule has 0 bridgehead atoms. The molecule has 0 unspecified atom stereocenters. The molecule has 6 heteroatoms. The highest BCUT2D eigenvalue weighted by molar-refractivity contribution is 5.72. The zero-order chi connectivity index (χ0) is 10.8. The third kappa shape index (κ3) is 1.88. The van der Waals surface area contributed by atoms with Crippen LogP contribution in [0.2, 0.25) is 0 Å². The molecule has 0 radical (unpaired) electrons. The zero-order valence-electron chi connectivity index (χ0n) is 8.61. The average molecular weight is 208 g/mol. The number of nitrogen functional groups attached to an aromatic ring is 3. The number of aromatic nitrogens is 2. The first-order valence-corrected chi connectivity index (χ1v) is 5.12. The topological polar surface area (TPSA) is 107 Å². The van der Waals surface area contributed by atoms with E-state index in [1.807, 2.05) is 0 Å². The van der Waals surface area contributed by atoms with Crippen LogP contribution in [-0.4, -0.2) is 23.1 Å². The molecule has 0 aromatic carbocycles. The van der Waals surface area contributed by atoms with E-state index in [0.717, 1.165) is 25.9 Å². The van der Waals surface area contributed by atoms with E-state index in [4.69, 9.17) is 17.2 Å². The standard InChI is InChI=1S/C9H16N6/c10-6-7(11)13-9(14-8(6)12)15-4-2-1-3-5-15/h1-5,10H2,(H4,11,12,13,14). The summed E-state index contributed by atoms with van der Waals surface area (Å²) in [6.07, 6.45) is 3.58. The van der Waals surface area contributed by atoms with Gasteiger partial charge in [0, 0.05) is 13.1 Å². The Morgan fingerprint density at radius 1 is 0.867 bits per heavy atom. The highest BCUT2D eigenvalue weighted by atomic mass is 15.3. The lowest BCUT2D eigenvalue weighted by Crippen LogP contribution is -2.31. The minimum Gasteiger partial charge on any atom is -0.393 e. The second-order valence-corrected chi connectivity index (χ2v) is 3.76. The molecule has 1 saturated heterocycles. The second-order valence-electron chi connectivity index (χ2n) is 3.76. The van der Waals surface area contributed by atoms with Gasteiger partial charge in [0.25, 0.3) is 0 Å². The predicted octanol–water partition coefficient (Wildman–Crippen LogP) is 0.214. The van der Waals surface area contributed by atoms with Gasteiger partial charge in [-0.05, 0) is 19.3 Å². The van der Waals surface area contributed by atoms with E-state index in [-0.39, 0.29) is 17.3 Å². The van der Waals surface area contributed by atoms with Crippen LogP contribution in [0.15, 0.2) is 0 Å². The normalized spacial score (nSPS) is 16.7. The monoisotopic (exact) mass is 208 g/mol. The molecule has 1 aliphatic heterocycles. The minimum absolute atomic E-state index is 0.267. The van der Waals surface area contributed by atoms with Crippen molar-refractivity contribution in [2.75, 3.05) is 35.2 Å². The van der Waals surface area contributed by atoms with Crippen molar-refractivity contribution < 1.29 is 0 Å². The Balaban J connectivity index is 2.27. The van der Waals surface area contributed by atoms with E-state index in [1.54, 1.807) is 0 Å². The van der Waals surface area contributed by atoms with Gasteiger partial charge in [-0.3, -0.25) is 0 Å². The molecule has 1 fully saturated rings. The Morgan fingerprint density at radius 2 is 1.40 bits per heavy atom. The molecule has 1 aromatic heterocycles. The van der Waals surface area contributed by atoms with Gasteiger partial charge in [0.15, 0.2) is 11.6 Å². The number of hydrogen-bond donors (Lipinski definition) is 3.